The quantitative estimate of drug-likeness (QED) is 0.309. The lowest BCUT2D eigenvalue weighted by Crippen LogP contribution is -1.84. The van der Waals surface area contributed by atoms with Crippen LogP contribution in [0.3, 0.4) is 0 Å². The van der Waals surface area contributed by atoms with Crippen molar-refractivity contribution < 1.29 is 5.11 Å². The van der Waals surface area contributed by atoms with Crippen LogP contribution in [0.2, 0.25) is 0 Å². The van der Waals surface area contributed by atoms with E-state index in [2.05, 4.69) is 6.58 Å². The van der Waals surface area contributed by atoms with Crippen molar-refractivity contribution in [3.05, 3.63) is 36.2 Å². The first kappa shape index (κ1) is 7.88. The van der Waals surface area contributed by atoms with Crippen LogP contribution in [0.4, 0.5) is 0 Å². The van der Waals surface area contributed by atoms with E-state index < -0.39 is 0 Å². The van der Waals surface area contributed by atoms with Gasteiger partial charge in [-0.3, -0.25) is 0 Å². The summed E-state index contributed by atoms with van der Waals surface area (Å²) < 4.78 is 0. The second-order valence-corrected chi connectivity index (χ2v) is 1.72. The summed E-state index contributed by atoms with van der Waals surface area (Å²) in [5, 5.41) is 8.91. The van der Waals surface area contributed by atoms with E-state index in [-0.39, 0.29) is 5.76 Å². The molecule has 0 heterocycles. The molecule has 0 aromatic heterocycles. The predicted octanol–water partition coefficient (Wildman–Crippen LogP) is 0.0475. The van der Waals surface area contributed by atoms with Crippen molar-refractivity contribution in [1.82, 2.24) is 0 Å². The van der Waals surface area contributed by atoms with E-state index >= 15 is 0 Å². The van der Waals surface area contributed by atoms with Gasteiger partial charge in [0.25, 0.3) is 0 Å². The predicted molar refractivity (Wildman–Crippen MR) is 41.7 cm³/mol. The first-order valence-corrected chi connectivity index (χ1v) is 2.62. The monoisotopic (exact) mass is 123 g/mol. The summed E-state index contributed by atoms with van der Waals surface area (Å²) in [6.07, 6.45) is 4.38. The van der Waals surface area contributed by atoms with Crippen LogP contribution < -0.4 is 5.73 Å². The Hall–Kier alpha value is -1.12. The molecule has 2 nitrogen and oxygen atoms in total. The maximum Gasteiger partial charge on any atom is 0.143 e. The normalized spacial score (nSPS) is 12.2. The van der Waals surface area contributed by atoms with E-state index in [1.54, 1.807) is 13.9 Å². The topological polar surface area (TPSA) is 46.2 Å². The number of hydrogen-bond donors (Lipinski definition) is 2. The van der Waals surface area contributed by atoms with Crippen molar-refractivity contribution in [2.45, 2.75) is 0 Å². The van der Waals surface area contributed by atoms with Gasteiger partial charge in [0.15, 0.2) is 0 Å². The SMILES string of the molecule is BC(=C)/C(O)=C\C=C/N. The fourth-order valence-corrected chi connectivity index (χ4v) is 0.289. The number of hydrogen-bond acceptors (Lipinski definition) is 2. The third-order valence-corrected chi connectivity index (χ3v) is 0.802. The van der Waals surface area contributed by atoms with Crippen molar-refractivity contribution in [2.75, 3.05) is 0 Å². The molecular formula is C6H10BNO. The molecular weight excluding hydrogens is 113 g/mol. The highest BCUT2D eigenvalue weighted by atomic mass is 16.3. The van der Waals surface area contributed by atoms with Gasteiger partial charge in [0.05, 0.1) is 0 Å². The lowest BCUT2D eigenvalue weighted by atomic mass is 9.96. The van der Waals surface area contributed by atoms with Crippen molar-refractivity contribution >= 4 is 7.85 Å². The summed E-state index contributed by atoms with van der Waals surface area (Å²) in [5.41, 5.74) is 5.64. The van der Waals surface area contributed by atoms with E-state index in [4.69, 9.17) is 10.8 Å². The van der Waals surface area contributed by atoms with Crippen molar-refractivity contribution in [2.24, 2.45) is 5.73 Å². The van der Waals surface area contributed by atoms with E-state index in [1.165, 1.54) is 12.3 Å². The fraction of sp³-hybridized carbons (Fsp3) is 0. The smallest absolute Gasteiger partial charge is 0.143 e. The minimum Gasteiger partial charge on any atom is -0.509 e. The molecule has 0 aromatic carbocycles. The Morgan fingerprint density at radius 2 is 2.22 bits per heavy atom. The minimum atomic E-state index is 0.164. The lowest BCUT2D eigenvalue weighted by Gasteiger charge is -1.92. The van der Waals surface area contributed by atoms with Crippen LogP contribution in [0.15, 0.2) is 36.2 Å². The molecule has 0 amide bonds. The highest BCUT2D eigenvalue weighted by Gasteiger charge is 1.86. The number of aliphatic hydroxyl groups is 1. The molecule has 9 heavy (non-hydrogen) atoms. The van der Waals surface area contributed by atoms with Gasteiger partial charge in [-0.1, -0.05) is 5.47 Å². The third-order valence-electron chi connectivity index (χ3n) is 0.802. The van der Waals surface area contributed by atoms with E-state index in [1.807, 2.05) is 0 Å². The largest absolute Gasteiger partial charge is 0.509 e. The molecule has 0 spiro atoms. The average molecular weight is 123 g/mol. The van der Waals surface area contributed by atoms with Crippen LogP contribution in [0, 0.1) is 0 Å². The summed E-state index contributed by atoms with van der Waals surface area (Å²) in [5.74, 6) is 0.164. The van der Waals surface area contributed by atoms with Gasteiger partial charge in [-0.2, -0.15) is 0 Å². The zero-order valence-electron chi connectivity index (χ0n) is 5.46. The molecule has 0 rings (SSSR count). The molecule has 0 fully saturated rings. The zero-order valence-corrected chi connectivity index (χ0v) is 5.46. The highest BCUT2D eigenvalue weighted by molar-refractivity contribution is 6.23. The summed E-state index contributed by atoms with van der Waals surface area (Å²) in [4.78, 5) is 0. The molecule has 0 saturated heterocycles. The van der Waals surface area contributed by atoms with Crippen LogP contribution in [0.25, 0.3) is 0 Å². The van der Waals surface area contributed by atoms with Crippen LogP contribution in [-0.2, 0) is 0 Å². The van der Waals surface area contributed by atoms with Gasteiger partial charge in [-0.05, 0) is 18.4 Å². The molecule has 0 atom stereocenters. The molecule has 3 heteroatoms. The molecule has 0 saturated carbocycles. The Morgan fingerprint density at radius 3 is 2.56 bits per heavy atom. The molecule has 0 radical (unpaired) electrons. The minimum absolute atomic E-state index is 0.164. The highest BCUT2D eigenvalue weighted by Crippen LogP contribution is 1.96. The Labute approximate surface area is 55.8 Å². The number of nitrogens with two attached hydrogens (primary N) is 1. The second kappa shape index (κ2) is 3.84. The Kier molecular flexibility index (Phi) is 3.36. The zero-order chi connectivity index (χ0) is 7.28. The van der Waals surface area contributed by atoms with Crippen LogP contribution in [-0.4, -0.2) is 13.0 Å². The number of rotatable bonds is 2. The van der Waals surface area contributed by atoms with Crippen LogP contribution in [0.1, 0.15) is 0 Å². The summed E-state index contributed by atoms with van der Waals surface area (Å²) in [7, 11) is 1.72. The molecule has 0 aliphatic rings. The van der Waals surface area contributed by atoms with Gasteiger partial charge in [-0.25, -0.2) is 0 Å². The molecule has 0 aromatic rings. The summed E-state index contributed by atoms with van der Waals surface area (Å²) >= 11 is 0. The number of aliphatic hydroxyl groups excluding tert-OH is 1. The Balaban J connectivity index is 4.00. The second-order valence-electron chi connectivity index (χ2n) is 1.72. The van der Waals surface area contributed by atoms with Gasteiger partial charge in [0.1, 0.15) is 13.6 Å². The van der Waals surface area contributed by atoms with Crippen LogP contribution >= 0.6 is 0 Å². The van der Waals surface area contributed by atoms with Gasteiger partial charge in [-0.15, -0.1) is 6.58 Å². The average Bonchev–Trinajstić information content (AvgIpc) is 1.82. The van der Waals surface area contributed by atoms with E-state index in [0.717, 1.165) is 0 Å². The van der Waals surface area contributed by atoms with Gasteiger partial charge < -0.3 is 10.8 Å². The molecule has 3 N–H and O–H groups in total. The molecule has 0 unspecified atom stereocenters. The molecule has 0 bridgehead atoms. The number of allylic oxidation sites excluding steroid dienone is 3. The maximum atomic E-state index is 8.91. The van der Waals surface area contributed by atoms with Crippen molar-refractivity contribution in [1.29, 1.82) is 0 Å². The van der Waals surface area contributed by atoms with Gasteiger partial charge >= 0.3 is 0 Å². The Morgan fingerprint density at radius 1 is 1.67 bits per heavy atom. The molecule has 0 aliphatic carbocycles. The molecule has 48 valence electrons. The molecule has 0 aliphatic heterocycles. The fourth-order valence-electron chi connectivity index (χ4n) is 0.289. The maximum absolute atomic E-state index is 8.91. The first-order valence-electron chi connectivity index (χ1n) is 2.62. The van der Waals surface area contributed by atoms with Crippen molar-refractivity contribution in [3.63, 3.8) is 0 Å². The first-order chi connectivity index (χ1) is 4.18. The van der Waals surface area contributed by atoms with Gasteiger partial charge in [0.2, 0.25) is 0 Å². The Bertz CT molecular complexity index is 160. The third kappa shape index (κ3) is 3.47. The lowest BCUT2D eigenvalue weighted by molar-refractivity contribution is 0.430. The standard InChI is InChI=1S/C6H10BNO/c1-5(7)6(9)3-2-4-8/h2-4,9H,1,7-8H2/b4-2-,6-3+. The van der Waals surface area contributed by atoms with E-state index in [0.29, 0.717) is 5.47 Å². The van der Waals surface area contributed by atoms with Crippen molar-refractivity contribution in [3.8, 4) is 0 Å². The van der Waals surface area contributed by atoms with Crippen LogP contribution in [0.5, 0.6) is 0 Å². The summed E-state index contributed by atoms with van der Waals surface area (Å²) in [6.45, 7) is 3.51. The van der Waals surface area contributed by atoms with Gasteiger partial charge in [0, 0.05) is 0 Å². The summed E-state index contributed by atoms with van der Waals surface area (Å²) in [6, 6.07) is 0. The van der Waals surface area contributed by atoms with E-state index in [9.17, 15) is 0 Å².